The normalized spacial score (nSPS) is 18.9. The Balaban J connectivity index is 2.32. The molecule has 3 nitrogen and oxygen atoms in total. The van der Waals surface area contributed by atoms with Gasteiger partial charge >= 0.3 is 5.97 Å². The quantitative estimate of drug-likeness (QED) is 0.684. The molecule has 1 atom stereocenters. The molecular formula is C11H12ClNO2. The van der Waals surface area contributed by atoms with Gasteiger partial charge in [-0.25, -0.2) is 4.79 Å². The van der Waals surface area contributed by atoms with Crippen LogP contribution in [0.5, 0.6) is 0 Å². The van der Waals surface area contributed by atoms with E-state index >= 15 is 0 Å². The smallest absolute Gasteiger partial charge is 0.328 e. The van der Waals surface area contributed by atoms with Gasteiger partial charge < -0.3 is 9.64 Å². The van der Waals surface area contributed by atoms with E-state index in [1.54, 1.807) is 0 Å². The lowest BCUT2D eigenvalue weighted by Gasteiger charge is -2.19. The van der Waals surface area contributed by atoms with Gasteiger partial charge in [-0.3, -0.25) is 0 Å². The molecule has 80 valence electrons. The van der Waals surface area contributed by atoms with Gasteiger partial charge in [-0.2, -0.15) is 0 Å². The van der Waals surface area contributed by atoms with Crippen molar-refractivity contribution in [3.05, 3.63) is 28.8 Å². The predicted octanol–water partition coefficient (Wildman–Crippen LogP) is 1.87. The molecule has 0 aliphatic carbocycles. The first kappa shape index (κ1) is 10.3. The van der Waals surface area contributed by atoms with Crippen LogP contribution in [0.2, 0.25) is 5.02 Å². The van der Waals surface area contributed by atoms with E-state index in [0.29, 0.717) is 11.4 Å². The van der Waals surface area contributed by atoms with E-state index in [9.17, 15) is 4.79 Å². The van der Waals surface area contributed by atoms with E-state index in [-0.39, 0.29) is 12.0 Å². The lowest BCUT2D eigenvalue weighted by molar-refractivity contribution is -0.141. The van der Waals surface area contributed by atoms with Crippen LogP contribution < -0.4 is 4.90 Å². The number of carbonyl (C=O) groups is 1. The van der Waals surface area contributed by atoms with Crippen molar-refractivity contribution in [2.45, 2.75) is 12.5 Å². The van der Waals surface area contributed by atoms with Gasteiger partial charge in [0.1, 0.15) is 6.04 Å². The third kappa shape index (κ3) is 1.67. The molecule has 4 heteroatoms. The number of hydrogen-bond donors (Lipinski definition) is 0. The maximum absolute atomic E-state index is 11.5. The topological polar surface area (TPSA) is 29.5 Å². The van der Waals surface area contributed by atoms with Crippen LogP contribution in [0.1, 0.15) is 5.56 Å². The lowest BCUT2D eigenvalue weighted by atomic mass is 10.1. The summed E-state index contributed by atoms with van der Waals surface area (Å²) >= 11 is 5.90. The second-order valence-electron chi connectivity index (χ2n) is 3.63. The summed E-state index contributed by atoms with van der Waals surface area (Å²) in [5.74, 6) is -0.204. The van der Waals surface area contributed by atoms with Crippen molar-refractivity contribution in [1.29, 1.82) is 0 Å². The molecule has 0 spiro atoms. The molecule has 1 aliphatic heterocycles. The van der Waals surface area contributed by atoms with Gasteiger partial charge in [-0.15, -0.1) is 0 Å². The largest absolute Gasteiger partial charge is 0.467 e. The fourth-order valence-electron chi connectivity index (χ4n) is 1.95. The zero-order valence-electron chi connectivity index (χ0n) is 8.66. The van der Waals surface area contributed by atoms with Crippen molar-refractivity contribution in [3.8, 4) is 0 Å². The summed E-state index contributed by atoms with van der Waals surface area (Å²) in [4.78, 5) is 13.4. The van der Waals surface area contributed by atoms with E-state index in [1.807, 2.05) is 30.1 Å². The number of ether oxygens (including phenoxy) is 1. The summed E-state index contributed by atoms with van der Waals surface area (Å²) in [6.45, 7) is 0. The minimum atomic E-state index is -0.219. The van der Waals surface area contributed by atoms with E-state index in [1.165, 1.54) is 7.11 Å². The number of fused-ring (bicyclic) bond motifs is 1. The van der Waals surface area contributed by atoms with E-state index in [4.69, 9.17) is 16.3 Å². The molecule has 1 aromatic rings. The molecule has 0 aromatic heterocycles. The van der Waals surface area contributed by atoms with Crippen LogP contribution in [0.4, 0.5) is 5.69 Å². The second-order valence-corrected chi connectivity index (χ2v) is 4.06. The highest BCUT2D eigenvalue weighted by Gasteiger charge is 2.32. The van der Waals surface area contributed by atoms with Gasteiger partial charge in [-0.1, -0.05) is 11.6 Å². The number of halogens is 1. The first-order chi connectivity index (χ1) is 7.13. The molecular weight excluding hydrogens is 214 g/mol. The van der Waals surface area contributed by atoms with Gasteiger partial charge in [0, 0.05) is 24.2 Å². The van der Waals surface area contributed by atoms with Gasteiger partial charge in [0.05, 0.1) is 7.11 Å². The minimum absolute atomic E-state index is 0.204. The Kier molecular flexibility index (Phi) is 2.57. The Morgan fingerprint density at radius 1 is 1.60 bits per heavy atom. The van der Waals surface area contributed by atoms with Crippen molar-refractivity contribution in [2.75, 3.05) is 19.1 Å². The lowest BCUT2D eigenvalue weighted by Crippen LogP contribution is -2.36. The zero-order valence-corrected chi connectivity index (χ0v) is 9.41. The van der Waals surface area contributed by atoms with E-state index in [2.05, 4.69) is 0 Å². The Bertz CT molecular complexity index is 406. The van der Waals surface area contributed by atoms with Crippen LogP contribution in [0.25, 0.3) is 0 Å². The molecule has 1 unspecified atom stereocenters. The van der Waals surface area contributed by atoms with Crippen molar-refractivity contribution >= 4 is 23.3 Å². The number of methoxy groups -OCH3 is 1. The molecule has 0 amide bonds. The van der Waals surface area contributed by atoms with Gasteiger partial charge in [-0.05, 0) is 23.8 Å². The summed E-state index contributed by atoms with van der Waals surface area (Å²) in [5, 5.41) is 0.702. The number of carbonyl (C=O) groups excluding carboxylic acids is 1. The fraction of sp³-hybridized carbons (Fsp3) is 0.364. The number of hydrogen-bond acceptors (Lipinski definition) is 3. The first-order valence-electron chi connectivity index (χ1n) is 4.72. The molecule has 1 aromatic carbocycles. The summed E-state index contributed by atoms with van der Waals surface area (Å²) in [6.07, 6.45) is 0.666. The number of rotatable bonds is 1. The van der Waals surface area contributed by atoms with Crippen LogP contribution >= 0.6 is 11.6 Å². The summed E-state index contributed by atoms with van der Waals surface area (Å²) in [5.41, 5.74) is 2.15. The average Bonchev–Trinajstić information content (AvgIpc) is 2.54. The molecule has 1 aliphatic rings. The number of nitrogens with zero attached hydrogens (tertiary/aromatic N) is 1. The van der Waals surface area contributed by atoms with Crippen LogP contribution in [-0.4, -0.2) is 26.2 Å². The van der Waals surface area contributed by atoms with Crippen LogP contribution in [0, 0.1) is 0 Å². The summed E-state index contributed by atoms with van der Waals surface area (Å²) in [7, 11) is 3.30. The molecule has 2 rings (SSSR count). The van der Waals surface area contributed by atoms with Crippen molar-refractivity contribution in [3.63, 3.8) is 0 Å². The summed E-state index contributed by atoms with van der Waals surface area (Å²) in [6, 6.07) is 5.44. The highest BCUT2D eigenvalue weighted by molar-refractivity contribution is 6.30. The molecule has 0 saturated carbocycles. The van der Waals surface area contributed by atoms with Crippen LogP contribution in [0.3, 0.4) is 0 Å². The average molecular weight is 226 g/mol. The van der Waals surface area contributed by atoms with Crippen LogP contribution in [-0.2, 0) is 16.0 Å². The third-order valence-corrected chi connectivity index (χ3v) is 3.01. The number of likely N-dealkylation sites (N-methyl/N-ethyl adjacent to an activating group) is 1. The Morgan fingerprint density at radius 3 is 3.00 bits per heavy atom. The van der Waals surface area contributed by atoms with Crippen LogP contribution in [0.15, 0.2) is 18.2 Å². The molecule has 0 radical (unpaired) electrons. The van der Waals surface area contributed by atoms with Crippen molar-refractivity contribution in [2.24, 2.45) is 0 Å². The molecule has 0 saturated heterocycles. The number of anilines is 1. The second kappa shape index (κ2) is 3.74. The van der Waals surface area contributed by atoms with E-state index in [0.717, 1.165) is 11.3 Å². The highest BCUT2D eigenvalue weighted by atomic mass is 35.5. The zero-order chi connectivity index (χ0) is 11.0. The maximum atomic E-state index is 11.5. The number of esters is 1. The van der Waals surface area contributed by atoms with Crippen molar-refractivity contribution in [1.82, 2.24) is 0 Å². The molecule has 0 N–H and O–H groups in total. The predicted molar refractivity (Wildman–Crippen MR) is 59.4 cm³/mol. The SMILES string of the molecule is COC(=O)C1Cc2cc(Cl)ccc2N1C. The minimum Gasteiger partial charge on any atom is -0.467 e. The van der Waals surface area contributed by atoms with Gasteiger partial charge in [0.25, 0.3) is 0 Å². The van der Waals surface area contributed by atoms with Gasteiger partial charge in [0.2, 0.25) is 0 Å². The molecule has 1 heterocycles. The molecule has 15 heavy (non-hydrogen) atoms. The Morgan fingerprint density at radius 2 is 2.33 bits per heavy atom. The van der Waals surface area contributed by atoms with E-state index < -0.39 is 0 Å². The molecule has 0 fully saturated rings. The Hall–Kier alpha value is -1.22. The highest BCUT2D eigenvalue weighted by Crippen LogP contribution is 2.33. The summed E-state index contributed by atoms with van der Waals surface area (Å²) < 4.78 is 4.75. The maximum Gasteiger partial charge on any atom is 0.328 e. The number of benzene rings is 1. The van der Waals surface area contributed by atoms with Gasteiger partial charge in [0.15, 0.2) is 0 Å². The third-order valence-electron chi connectivity index (χ3n) is 2.78. The van der Waals surface area contributed by atoms with Crippen molar-refractivity contribution < 1.29 is 9.53 Å². The fourth-order valence-corrected chi connectivity index (χ4v) is 2.15. The standard InChI is InChI=1S/C11H12ClNO2/c1-13-9-4-3-8(12)5-7(9)6-10(13)11(14)15-2/h3-5,10H,6H2,1-2H3. The first-order valence-corrected chi connectivity index (χ1v) is 5.10. The molecule has 0 bridgehead atoms. The monoisotopic (exact) mass is 225 g/mol. The Labute approximate surface area is 93.6 Å².